The number of carbonyl (C=O) groups excluding carboxylic acids is 1. The van der Waals surface area contributed by atoms with Crippen LogP contribution in [0.25, 0.3) is 11.1 Å². The van der Waals surface area contributed by atoms with Crippen molar-refractivity contribution in [2.24, 2.45) is 11.7 Å². The second-order valence-electron chi connectivity index (χ2n) is 8.43. The lowest BCUT2D eigenvalue weighted by atomic mass is 9.86. The lowest BCUT2D eigenvalue weighted by molar-refractivity contribution is -0.384. The Bertz CT molecular complexity index is 1120. The number of benzene rings is 2. The Morgan fingerprint density at radius 3 is 2.59 bits per heavy atom. The van der Waals surface area contributed by atoms with Crippen LogP contribution in [0.3, 0.4) is 0 Å². The van der Waals surface area contributed by atoms with E-state index in [0.717, 1.165) is 24.0 Å². The predicted octanol–water partition coefficient (Wildman–Crippen LogP) is 4.35. The number of nitro groups is 1. The topological polar surface area (TPSA) is 142 Å². The Hall–Kier alpha value is -3.78. The van der Waals surface area contributed by atoms with Gasteiger partial charge in [0.05, 0.1) is 4.92 Å². The molecule has 178 valence electrons. The van der Waals surface area contributed by atoms with E-state index in [1.165, 1.54) is 12.1 Å². The molecule has 2 aromatic rings. The zero-order chi connectivity index (χ0) is 24.7. The number of aliphatic hydroxyl groups excluding tert-OH is 1. The molecule has 0 heterocycles. The van der Waals surface area contributed by atoms with E-state index < -0.39 is 4.92 Å². The van der Waals surface area contributed by atoms with Gasteiger partial charge in [-0.15, -0.1) is 0 Å². The summed E-state index contributed by atoms with van der Waals surface area (Å²) in [5, 5.41) is 31.7. The normalized spacial score (nSPS) is 15.0. The molecular formula is C26H30N4O4. The van der Waals surface area contributed by atoms with E-state index in [9.17, 15) is 20.0 Å². The molecule has 5 N–H and O–H groups in total. The fourth-order valence-electron chi connectivity index (χ4n) is 4.20. The Balaban J connectivity index is 1.69. The Labute approximate surface area is 198 Å². The number of amides is 1. The minimum absolute atomic E-state index is 0.0131. The number of rotatable bonds is 10. The van der Waals surface area contributed by atoms with Gasteiger partial charge in [-0.25, -0.2) is 0 Å². The van der Waals surface area contributed by atoms with Crippen molar-refractivity contribution in [3.05, 3.63) is 87.5 Å². The van der Waals surface area contributed by atoms with Crippen LogP contribution in [0, 0.1) is 21.4 Å². The number of nitrogens with two attached hydrogens (primary N) is 1. The zero-order valence-electron chi connectivity index (χ0n) is 19.2. The third-order valence-corrected chi connectivity index (χ3v) is 6.12. The maximum Gasteiger partial charge on any atom is 0.270 e. The van der Waals surface area contributed by atoms with E-state index in [1.807, 2.05) is 19.1 Å². The van der Waals surface area contributed by atoms with Gasteiger partial charge in [0.2, 0.25) is 0 Å². The molecular weight excluding hydrogens is 432 g/mol. The number of nitrogens with zero attached hydrogens (tertiary/aromatic N) is 1. The lowest BCUT2D eigenvalue weighted by Gasteiger charge is -2.27. The molecule has 8 heteroatoms. The summed E-state index contributed by atoms with van der Waals surface area (Å²) in [5.41, 5.74) is 9.40. The van der Waals surface area contributed by atoms with Gasteiger partial charge in [0.15, 0.2) is 0 Å². The molecule has 34 heavy (non-hydrogen) atoms. The first-order valence-corrected chi connectivity index (χ1v) is 11.3. The monoisotopic (exact) mass is 462 g/mol. The third kappa shape index (κ3) is 6.17. The standard InChI is InChI=1S/C26H30N4O4/c1-2-24(22(16-31)14-17-5-3-7-21(13-17)25(27)28)29-26(32)19-11-9-18(10-12-19)20-6-4-8-23(15-20)30(33)34/h4,6-13,15,22,24,31H,2-3,5,14,16H2,1H3,(H3,27,28)(H,29,32). The molecule has 0 bridgehead atoms. The van der Waals surface area contributed by atoms with Crippen molar-refractivity contribution < 1.29 is 14.8 Å². The Morgan fingerprint density at radius 1 is 1.24 bits per heavy atom. The highest BCUT2D eigenvalue weighted by Crippen LogP contribution is 2.27. The van der Waals surface area contributed by atoms with Gasteiger partial charge in [-0.2, -0.15) is 0 Å². The van der Waals surface area contributed by atoms with E-state index in [4.69, 9.17) is 11.1 Å². The minimum atomic E-state index is -0.436. The van der Waals surface area contributed by atoms with E-state index >= 15 is 0 Å². The first kappa shape index (κ1) is 24.9. The summed E-state index contributed by atoms with van der Waals surface area (Å²) in [5.74, 6) is -0.361. The van der Waals surface area contributed by atoms with Gasteiger partial charge >= 0.3 is 0 Å². The summed E-state index contributed by atoms with van der Waals surface area (Å²) < 4.78 is 0. The van der Waals surface area contributed by atoms with Crippen molar-refractivity contribution in [3.8, 4) is 11.1 Å². The van der Waals surface area contributed by atoms with Gasteiger partial charge in [-0.3, -0.25) is 20.3 Å². The fraction of sp³-hybridized carbons (Fsp3) is 0.308. The first-order chi connectivity index (χ1) is 16.3. The maximum absolute atomic E-state index is 12.9. The maximum atomic E-state index is 12.9. The van der Waals surface area contributed by atoms with Crippen LogP contribution in [-0.4, -0.2) is 34.4 Å². The highest BCUT2D eigenvalue weighted by Gasteiger charge is 2.24. The van der Waals surface area contributed by atoms with E-state index in [-0.39, 0.29) is 36.0 Å². The second-order valence-corrected chi connectivity index (χ2v) is 8.43. The summed E-state index contributed by atoms with van der Waals surface area (Å²) in [6.07, 6.45) is 6.78. The van der Waals surface area contributed by atoms with E-state index in [2.05, 4.69) is 5.32 Å². The largest absolute Gasteiger partial charge is 0.396 e. The van der Waals surface area contributed by atoms with E-state index in [0.29, 0.717) is 29.5 Å². The van der Waals surface area contributed by atoms with Gasteiger partial charge in [0, 0.05) is 41.8 Å². The van der Waals surface area contributed by atoms with Crippen LogP contribution in [0.1, 0.15) is 43.0 Å². The molecule has 3 rings (SSSR count). The Morgan fingerprint density at radius 2 is 1.97 bits per heavy atom. The van der Waals surface area contributed by atoms with Gasteiger partial charge in [-0.1, -0.05) is 48.9 Å². The van der Waals surface area contributed by atoms with Crippen LogP contribution < -0.4 is 11.1 Å². The average molecular weight is 463 g/mol. The number of nitrogens with one attached hydrogen (secondary N) is 2. The number of carbonyl (C=O) groups is 1. The first-order valence-electron chi connectivity index (χ1n) is 11.3. The summed E-state index contributed by atoms with van der Waals surface area (Å²) in [6.45, 7) is 1.90. The fourth-order valence-corrected chi connectivity index (χ4v) is 4.20. The van der Waals surface area contributed by atoms with Crippen molar-refractivity contribution in [2.45, 2.75) is 38.6 Å². The number of hydrogen-bond acceptors (Lipinski definition) is 5. The summed E-state index contributed by atoms with van der Waals surface area (Å²) in [7, 11) is 0. The summed E-state index contributed by atoms with van der Waals surface area (Å²) >= 11 is 0. The molecule has 0 aliphatic heterocycles. The van der Waals surface area contributed by atoms with Gasteiger partial charge in [0.1, 0.15) is 5.84 Å². The lowest BCUT2D eigenvalue weighted by Crippen LogP contribution is -2.41. The number of nitro benzene ring substituents is 1. The van der Waals surface area contributed by atoms with Crippen LogP contribution in [-0.2, 0) is 0 Å². The summed E-state index contributed by atoms with van der Waals surface area (Å²) in [6, 6.07) is 13.0. The van der Waals surface area contributed by atoms with Gasteiger partial charge in [-0.05, 0) is 48.9 Å². The second kappa shape index (κ2) is 11.4. The minimum Gasteiger partial charge on any atom is -0.396 e. The smallest absolute Gasteiger partial charge is 0.270 e. The molecule has 1 aliphatic rings. The molecule has 1 aliphatic carbocycles. The van der Waals surface area contributed by atoms with Crippen molar-refractivity contribution in [2.75, 3.05) is 6.61 Å². The quantitative estimate of drug-likeness (QED) is 0.180. The molecule has 0 aromatic heterocycles. The van der Waals surface area contributed by atoms with Crippen molar-refractivity contribution in [1.29, 1.82) is 5.41 Å². The molecule has 2 unspecified atom stereocenters. The van der Waals surface area contributed by atoms with E-state index in [1.54, 1.807) is 36.4 Å². The molecule has 2 aromatic carbocycles. The van der Waals surface area contributed by atoms with Crippen LogP contribution in [0.15, 0.2) is 71.8 Å². The van der Waals surface area contributed by atoms with Crippen LogP contribution >= 0.6 is 0 Å². The van der Waals surface area contributed by atoms with Crippen molar-refractivity contribution in [1.82, 2.24) is 5.32 Å². The highest BCUT2D eigenvalue weighted by molar-refractivity contribution is 5.97. The Kier molecular flexibility index (Phi) is 8.32. The van der Waals surface area contributed by atoms with Crippen molar-refractivity contribution >= 4 is 17.4 Å². The number of hydrogen-bond donors (Lipinski definition) is 4. The predicted molar refractivity (Wildman–Crippen MR) is 133 cm³/mol. The SMILES string of the molecule is CCC(NC(=O)c1ccc(-c2cccc([N+](=O)[O-])c2)cc1)C(CO)CC1=CC(C(=N)N)=CCC1. The molecule has 0 spiro atoms. The molecule has 1 amide bonds. The zero-order valence-corrected chi connectivity index (χ0v) is 19.2. The molecule has 0 fully saturated rings. The molecule has 0 radical (unpaired) electrons. The molecule has 0 saturated heterocycles. The van der Waals surface area contributed by atoms with Gasteiger partial charge in [0.25, 0.3) is 11.6 Å². The molecule has 2 atom stereocenters. The van der Waals surface area contributed by atoms with Crippen LogP contribution in [0.2, 0.25) is 0 Å². The molecule has 8 nitrogen and oxygen atoms in total. The average Bonchev–Trinajstić information content (AvgIpc) is 2.86. The highest BCUT2D eigenvalue weighted by atomic mass is 16.6. The summed E-state index contributed by atoms with van der Waals surface area (Å²) in [4.78, 5) is 23.5. The van der Waals surface area contributed by atoms with Gasteiger partial charge < -0.3 is 16.2 Å². The third-order valence-electron chi connectivity index (χ3n) is 6.12. The van der Waals surface area contributed by atoms with Crippen LogP contribution in [0.4, 0.5) is 5.69 Å². The number of non-ortho nitro benzene ring substituents is 1. The number of amidine groups is 1. The number of aliphatic hydroxyl groups is 1. The van der Waals surface area contributed by atoms with Crippen molar-refractivity contribution in [3.63, 3.8) is 0 Å². The molecule has 0 saturated carbocycles. The van der Waals surface area contributed by atoms with Crippen LogP contribution in [0.5, 0.6) is 0 Å². The number of allylic oxidation sites excluding steroid dienone is 2.